The van der Waals surface area contributed by atoms with E-state index in [1.54, 1.807) is 31.7 Å². The van der Waals surface area contributed by atoms with Crippen LogP contribution in [0.3, 0.4) is 0 Å². The number of methoxy groups -OCH3 is 1. The monoisotopic (exact) mass is 498 g/mol. The molecule has 2 N–H and O–H groups in total. The Bertz CT molecular complexity index is 1690. The molecule has 0 amide bonds. The molecule has 5 heterocycles. The second-order valence-corrected chi connectivity index (χ2v) is 8.74. The molecule has 188 valence electrons. The molecular weight excluding hydrogens is 472 g/mol. The third-order valence-corrected chi connectivity index (χ3v) is 6.30. The van der Waals surface area contributed by atoms with E-state index in [9.17, 15) is 0 Å². The smallest absolute Gasteiger partial charge is 0.225 e. The minimum absolute atomic E-state index is 0.113. The van der Waals surface area contributed by atoms with Gasteiger partial charge in [0.2, 0.25) is 11.8 Å². The molecule has 11 heteroatoms. The zero-order chi connectivity index (χ0) is 25.4. The molecule has 1 unspecified atom stereocenters. The van der Waals surface area contributed by atoms with Gasteiger partial charge in [0.25, 0.3) is 0 Å². The fraction of sp³-hybridized carbons (Fsp3) is 0.269. The first-order valence-electron chi connectivity index (χ1n) is 12.0. The molecule has 6 rings (SSSR count). The molecular formula is C26H26N8O3. The molecule has 0 aliphatic carbocycles. The van der Waals surface area contributed by atoms with Crippen LogP contribution in [0.2, 0.25) is 0 Å². The third kappa shape index (κ3) is 4.39. The topological polar surface area (TPSA) is 131 Å². The summed E-state index contributed by atoms with van der Waals surface area (Å²) in [4.78, 5) is 14.0. The zero-order valence-electron chi connectivity index (χ0n) is 20.5. The van der Waals surface area contributed by atoms with E-state index in [2.05, 4.69) is 44.4 Å². The van der Waals surface area contributed by atoms with Crippen molar-refractivity contribution in [1.82, 2.24) is 34.3 Å². The SMILES string of the molecule is COCCOC(C)c1ccc2ccc(CCn3ncc4c3nc(N)n3nc(-c5ccco5)nc43)cc2n1. The molecule has 0 aliphatic heterocycles. The van der Waals surface area contributed by atoms with E-state index in [0.717, 1.165) is 34.0 Å². The number of nitrogen functional groups attached to an aromatic ring is 1. The van der Waals surface area contributed by atoms with Crippen LogP contribution in [-0.4, -0.2) is 54.7 Å². The summed E-state index contributed by atoms with van der Waals surface area (Å²) in [7, 11) is 1.66. The van der Waals surface area contributed by atoms with E-state index < -0.39 is 0 Å². The number of hydrogen-bond acceptors (Lipinski definition) is 9. The maximum Gasteiger partial charge on any atom is 0.225 e. The van der Waals surface area contributed by atoms with Crippen molar-refractivity contribution in [3.63, 3.8) is 0 Å². The van der Waals surface area contributed by atoms with Gasteiger partial charge in [-0.2, -0.15) is 14.6 Å². The Morgan fingerprint density at radius 1 is 1.05 bits per heavy atom. The lowest BCUT2D eigenvalue weighted by Crippen LogP contribution is -2.08. The van der Waals surface area contributed by atoms with Crippen LogP contribution in [0.5, 0.6) is 0 Å². The standard InChI is InChI=1S/C26H26N8O3/c1-16(36-13-12-35-2)20-8-7-18-6-5-17(14-21(18)29-20)9-10-33-24-19(15-28-33)25-30-23(22-4-3-11-37-22)32-34(25)26(27)31-24/h3-8,11,14-16H,9-10,12-13H2,1-2H3,(H2,27,31). The summed E-state index contributed by atoms with van der Waals surface area (Å²) < 4.78 is 19.7. The van der Waals surface area contributed by atoms with Crippen LogP contribution >= 0.6 is 0 Å². The highest BCUT2D eigenvalue weighted by atomic mass is 16.5. The van der Waals surface area contributed by atoms with E-state index in [1.807, 2.05) is 17.7 Å². The number of anilines is 1. The van der Waals surface area contributed by atoms with Gasteiger partial charge in [-0.1, -0.05) is 18.2 Å². The van der Waals surface area contributed by atoms with Crippen molar-refractivity contribution in [3.8, 4) is 11.6 Å². The van der Waals surface area contributed by atoms with E-state index in [1.165, 1.54) is 4.52 Å². The fourth-order valence-electron chi connectivity index (χ4n) is 4.32. The first kappa shape index (κ1) is 23.1. The van der Waals surface area contributed by atoms with Crippen molar-refractivity contribution in [2.24, 2.45) is 0 Å². The average molecular weight is 499 g/mol. The first-order valence-corrected chi connectivity index (χ1v) is 12.0. The maximum atomic E-state index is 6.22. The Balaban J connectivity index is 1.25. The Morgan fingerprint density at radius 2 is 1.95 bits per heavy atom. The van der Waals surface area contributed by atoms with Crippen molar-refractivity contribution in [1.29, 1.82) is 0 Å². The molecule has 11 nitrogen and oxygen atoms in total. The predicted octanol–water partition coefficient (Wildman–Crippen LogP) is 3.83. The second kappa shape index (κ2) is 9.60. The number of nitrogens with two attached hydrogens (primary N) is 1. The molecule has 5 aromatic heterocycles. The predicted molar refractivity (Wildman–Crippen MR) is 138 cm³/mol. The van der Waals surface area contributed by atoms with Crippen molar-refractivity contribution < 1.29 is 13.9 Å². The van der Waals surface area contributed by atoms with Crippen LogP contribution in [0.1, 0.15) is 24.3 Å². The Kier molecular flexibility index (Phi) is 5.99. The van der Waals surface area contributed by atoms with Gasteiger partial charge >= 0.3 is 0 Å². The molecule has 0 bridgehead atoms. The molecule has 0 spiro atoms. The summed E-state index contributed by atoms with van der Waals surface area (Å²) in [6, 6.07) is 14.0. The Labute approximate surface area is 211 Å². The number of nitrogens with zero attached hydrogens (tertiary/aromatic N) is 7. The van der Waals surface area contributed by atoms with Gasteiger partial charge in [0.05, 0.1) is 48.4 Å². The summed E-state index contributed by atoms with van der Waals surface area (Å²) >= 11 is 0. The van der Waals surface area contributed by atoms with Gasteiger partial charge in [0.15, 0.2) is 17.1 Å². The quantitative estimate of drug-likeness (QED) is 0.295. The van der Waals surface area contributed by atoms with Gasteiger partial charge in [0.1, 0.15) is 0 Å². The van der Waals surface area contributed by atoms with Crippen molar-refractivity contribution in [2.45, 2.75) is 26.0 Å². The summed E-state index contributed by atoms with van der Waals surface area (Å²) in [5.74, 6) is 1.24. The number of pyridine rings is 1. The van der Waals surface area contributed by atoms with Crippen LogP contribution in [0, 0.1) is 0 Å². The highest BCUT2D eigenvalue weighted by Gasteiger charge is 2.17. The van der Waals surface area contributed by atoms with Gasteiger partial charge in [-0.15, -0.1) is 5.10 Å². The summed E-state index contributed by atoms with van der Waals surface area (Å²) in [5.41, 5.74) is 10.4. The summed E-state index contributed by atoms with van der Waals surface area (Å²) in [5, 5.41) is 10.9. The zero-order valence-corrected chi connectivity index (χ0v) is 20.5. The molecule has 6 aromatic rings. The van der Waals surface area contributed by atoms with E-state index in [-0.39, 0.29) is 12.1 Å². The normalized spacial score (nSPS) is 12.7. The molecule has 0 aliphatic rings. The van der Waals surface area contributed by atoms with Crippen LogP contribution < -0.4 is 5.73 Å². The van der Waals surface area contributed by atoms with Crippen LogP contribution in [-0.2, 0) is 22.4 Å². The summed E-state index contributed by atoms with van der Waals surface area (Å²) in [6.45, 7) is 3.70. The number of aromatic nitrogens is 7. The molecule has 1 atom stereocenters. The largest absolute Gasteiger partial charge is 0.461 e. The highest BCUT2D eigenvalue weighted by Crippen LogP contribution is 2.24. The lowest BCUT2D eigenvalue weighted by atomic mass is 10.1. The first-order chi connectivity index (χ1) is 18.1. The van der Waals surface area contributed by atoms with Gasteiger partial charge in [-0.25, -0.2) is 9.67 Å². The van der Waals surface area contributed by atoms with Crippen molar-refractivity contribution in [3.05, 3.63) is 66.2 Å². The molecule has 0 saturated heterocycles. The molecule has 0 saturated carbocycles. The second-order valence-electron chi connectivity index (χ2n) is 8.74. The van der Waals surface area contributed by atoms with E-state index >= 15 is 0 Å². The highest BCUT2D eigenvalue weighted by molar-refractivity contribution is 5.90. The number of benzene rings is 1. The van der Waals surface area contributed by atoms with Gasteiger partial charge in [-0.3, -0.25) is 4.98 Å². The number of furan rings is 1. The molecule has 0 fully saturated rings. The average Bonchev–Trinajstić information content (AvgIpc) is 3.67. The lowest BCUT2D eigenvalue weighted by Gasteiger charge is -2.13. The third-order valence-electron chi connectivity index (χ3n) is 6.30. The van der Waals surface area contributed by atoms with E-state index in [0.29, 0.717) is 42.6 Å². The number of aryl methyl sites for hydroxylation is 2. The maximum absolute atomic E-state index is 6.22. The van der Waals surface area contributed by atoms with Gasteiger partial charge in [0, 0.05) is 19.0 Å². The van der Waals surface area contributed by atoms with Crippen molar-refractivity contribution >= 4 is 33.5 Å². The van der Waals surface area contributed by atoms with Crippen LogP contribution in [0.15, 0.2) is 59.3 Å². The Hall–Kier alpha value is -4.35. The molecule has 37 heavy (non-hydrogen) atoms. The minimum Gasteiger partial charge on any atom is -0.461 e. The summed E-state index contributed by atoms with van der Waals surface area (Å²) in [6.07, 6.45) is 3.96. The van der Waals surface area contributed by atoms with Gasteiger partial charge in [-0.05, 0) is 43.2 Å². The Morgan fingerprint density at radius 3 is 2.78 bits per heavy atom. The van der Waals surface area contributed by atoms with Crippen LogP contribution in [0.4, 0.5) is 5.95 Å². The van der Waals surface area contributed by atoms with Crippen LogP contribution in [0.25, 0.3) is 39.2 Å². The number of hydrogen-bond donors (Lipinski definition) is 1. The fourth-order valence-corrected chi connectivity index (χ4v) is 4.32. The van der Waals surface area contributed by atoms with Gasteiger partial charge < -0.3 is 19.6 Å². The number of ether oxygens (including phenoxy) is 2. The van der Waals surface area contributed by atoms with E-state index in [4.69, 9.17) is 24.6 Å². The molecule has 1 aromatic carbocycles. The number of fused-ring (bicyclic) bond motifs is 4. The number of rotatable bonds is 9. The minimum atomic E-state index is -0.113. The lowest BCUT2D eigenvalue weighted by molar-refractivity contribution is 0.0237. The molecule has 0 radical (unpaired) electrons. The van der Waals surface area contributed by atoms with Crippen molar-refractivity contribution in [2.75, 3.05) is 26.1 Å².